The first-order valence-electron chi connectivity index (χ1n) is 20.3. The van der Waals surface area contributed by atoms with Crippen molar-refractivity contribution in [2.24, 2.45) is 22.7 Å². The SMILES string of the molecule is C=C[C@@H]1C[C@]1(CC(=O)[C@@H]1C[C@@H](Oc2cc(-c3ccccc3)nc3cc(OC)ccc23)CN1C(=O)[C@@H](CC(=O)N1CCCC1C(F)(F)F)C(C)(C)C)C(=O)NS(=O)(=O)C1CC1. The minimum Gasteiger partial charge on any atom is -0.497 e. The number of fused-ring (bicyclic) bond motifs is 1. The number of ketones is 1. The molecule has 2 saturated carbocycles. The van der Waals surface area contributed by atoms with Gasteiger partial charge in [0.05, 0.1) is 47.5 Å². The number of nitrogens with one attached hydrogen (secondary N) is 1. The van der Waals surface area contributed by atoms with Crippen molar-refractivity contribution in [3.05, 3.63) is 67.3 Å². The van der Waals surface area contributed by atoms with Gasteiger partial charge in [0, 0.05) is 48.9 Å². The van der Waals surface area contributed by atoms with Crippen LogP contribution in [0.1, 0.15) is 72.1 Å². The van der Waals surface area contributed by atoms with Crippen molar-refractivity contribution in [2.75, 3.05) is 20.2 Å². The number of methoxy groups -OCH3 is 1. The quantitative estimate of drug-likeness (QED) is 0.176. The Morgan fingerprint density at radius 1 is 1.03 bits per heavy atom. The molecule has 1 N–H and O–H groups in total. The third-order valence-corrected chi connectivity index (χ3v) is 14.3. The first-order chi connectivity index (χ1) is 28.3. The molecule has 2 aliphatic heterocycles. The second kappa shape index (κ2) is 16.1. The smallest absolute Gasteiger partial charge is 0.408 e. The first-order valence-corrected chi connectivity index (χ1v) is 21.9. The fourth-order valence-electron chi connectivity index (χ4n) is 8.74. The highest BCUT2D eigenvalue weighted by molar-refractivity contribution is 7.90. The van der Waals surface area contributed by atoms with Crippen molar-refractivity contribution in [3.8, 4) is 22.8 Å². The molecule has 3 amide bonds. The van der Waals surface area contributed by atoms with E-state index in [0.29, 0.717) is 40.9 Å². The molecule has 60 heavy (non-hydrogen) atoms. The van der Waals surface area contributed by atoms with E-state index < -0.39 is 98.6 Å². The molecule has 4 fully saturated rings. The van der Waals surface area contributed by atoms with Gasteiger partial charge >= 0.3 is 6.18 Å². The number of halogens is 3. The molecule has 16 heteroatoms. The highest BCUT2D eigenvalue weighted by Gasteiger charge is 2.61. The van der Waals surface area contributed by atoms with E-state index in [0.717, 1.165) is 10.5 Å². The Balaban J connectivity index is 1.22. The third kappa shape index (κ3) is 8.75. The standard InChI is InChI=1S/C44H51F3N4O8S/c1-6-27-23-43(27,41(55)49-60(56,57)30-15-16-30)24-36(52)35-20-29(59-37-22-33(26-11-8-7-9-12-26)48-34-19-28(58-5)14-17-31(34)37)25-51(35)40(54)32(42(2,3)4)21-39(53)50-18-10-13-38(50)44(45,46)47/h6-9,11-12,14,17,19,22,27,29-30,32,35,38H,1,10,13,15-16,18,20-21,23-25H2,2-5H3,(H,49,55)/t27-,29-,32-,35+,38?,43-/m1/s1. The predicted molar refractivity (Wildman–Crippen MR) is 217 cm³/mol. The average Bonchev–Trinajstić information content (AvgIpc) is 4.08. The monoisotopic (exact) mass is 852 g/mol. The lowest BCUT2D eigenvalue weighted by Gasteiger charge is -2.36. The number of aromatic nitrogens is 1. The minimum absolute atomic E-state index is 0.0187. The molecule has 2 saturated heterocycles. The van der Waals surface area contributed by atoms with Crippen LogP contribution in [0.4, 0.5) is 13.2 Å². The summed E-state index contributed by atoms with van der Waals surface area (Å²) in [5, 5.41) is -0.0433. The molecule has 2 aromatic carbocycles. The van der Waals surface area contributed by atoms with Crippen LogP contribution < -0.4 is 14.2 Å². The maximum absolute atomic E-state index is 14.9. The number of likely N-dealkylation sites (tertiary alicyclic amines) is 2. The van der Waals surface area contributed by atoms with Gasteiger partial charge in [0.2, 0.25) is 27.7 Å². The Hall–Kier alpha value is -4.99. The highest BCUT2D eigenvalue weighted by atomic mass is 32.2. The van der Waals surface area contributed by atoms with E-state index >= 15 is 0 Å². The van der Waals surface area contributed by atoms with Gasteiger partial charge in [-0.3, -0.25) is 23.9 Å². The van der Waals surface area contributed by atoms with Crippen molar-refractivity contribution >= 4 is 44.4 Å². The number of benzene rings is 2. The normalized spacial score (nSPS) is 24.9. The molecule has 0 bridgehead atoms. The van der Waals surface area contributed by atoms with E-state index in [9.17, 15) is 40.8 Å². The number of nitrogens with zero attached hydrogens (tertiary/aromatic N) is 3. The largest absolute Gasteiger partial charge is 0.497 e. The van der Waals surface area contributed by atoms with Gasteiger partial charge in [0.25, 0.3) is 0 Å². The predicted octanol–water partition coefficient (Wildman–Crippen LogP) is 6.62. The molecule has 2 aliphatic carbocycles. The summed E-state index contributed by atoms with van der Waals surface area (Å²) in [5.41, 5.74) is -0.372. The Labute approximate surface area is 347 Å². The molecule has 3 aromatic rings. The van der Waals surface area contributed by atoms with E-state index in [2.05, 4.69) is 11.3 Å². The number of hydrogen-bond donors (Lipinski definition) is 1. The molecule has 322 valence electrons. The average molecular weight is 853 g/mol. The van der Waals surface area contributed by atoms with Crippen LogP contribution in [0.5, 0.6) is 11.5 Å². The van der Waals surface area contributed by atoms with Gasteiger partial charge in [-0.05, 0) is 55.6 Å². The van der Waals surface area contributed by atoms with Crippen LogP contribution in [-0.4, -0.2) is 96.5 Å². The molecule has 4 aliphatic rings. The van der Waals surface area contributed by atoms with E-state index in [4.69, 9.17) is 14.5 Å². The lowest BCUT2D eigenvalue weighted by molar-refractivity contribution is -0.183. The minimum atomic E-state index is -4.63. The van der Waals surface area contributed by atoms with Gasteiger partial charge in [-0.25, -0.2) is 13.4 Å². The molecule has 3 heterocycles. The zero-order valence-corrected chi connectivity index (χ0v) is 35.0. The number of alkyl halides is 3. The molecule has 1 aromatic heterocycles. The lowest BCUT2D eigenvalue weighted by Crippen LogP contribution is -2.50. The van der Waals surface area contributed by atoms with Crippen LogP contribution >= 0.6 is 0 Å². The number of hydrogen-bond acceptors (Lipinski definition) is 9. The Morgan fingerprint density at radius 3 is 2.37 bits per heavy atom. The number of ether oxygens (including phenoxy) is 2. The van der Waals surface area contributed by atoms with E-state index in [-0.39, 0.29) is 38.8 Å². The topological polar surface area (TPSA) is 152 Å². The van der Waals surface area contributed by atoms with E-state index in [1.165, 1.54) is 18.1 Å². The molecule has 7 rings (SSSR count). The molecule has 0 radical (unpaired) electrons. The van der Waals surface area contributed by atoms with Crippen LogP contribution in [0.25, 0.3) is 22.2 Å². The molecule has 12 nitrogen and oxygen atoms in total. The second-order valence-electron chi connectivity index (χ2n) is 17.7. The summed E-state index contributed by atoms with van der Waals surface area (Å²) in [7, 11) is -2.40. The van der Waals surface area contributed by atoms with Gasteiger partial charge in [-0.15, -0.1) is 6.58 Å². The summed E-state index contributed by atoms with van der Waals surface area (Å²) >= 11 is 0. The van der Waals surface area contributed by atoms with Crippen LogP contribution in [0, 0.1) is 22.7 Å². The van der Waals surface area contributed by atoms with Gasteiger partial charge < -0.3 is 19.3 Å². The van der Waals surface area contributed by atoms with E-state index in [1.54, 1.807) is 45.0 Å². The maximum atomic E-state index is 14.9. The van der Waals surface area contributed by atoms with Crippen molar-refractivity contribution in [1.29, 1.82) is 0 Å². The number of Topliss-reactive ketones (excluding diaryl/α,β-unsaturated/α-hetero) is 1. The van der Waals surface area contributed by atoms with Crippen molar-refractivity contribution < 1.29 is 50.2 Å². The first kappa shape index (κ1) is 43.1. The molecule has 0 spiro atoms. The molecule has 6 atom stereocenters. The fourth-order valence-corrected chi connectivity index (χ4v) is 10.1. The van der Waals surface area contributed by atoms with Crippen LogP contribution in [0.2, 0.25) is 0 Å². The number of pyridine rings is 1. The number of amides is 3. The Kier molecular flexibility index (Phi) is 11.6. The van der Waals surface area contributed by atoms with Crippen LogP contribution in [0.15, 0.2) is 67.3 Å². The van der Waals surface area contributed by atoms with Crippen molar-refractivity contribution in [1.82, 2.24) is 19.5 Å². The Bertz CT molecular complexity index is 2300. The summed E-state index contributed by atoms with van der Waals surface area (Å²) in [6.45, 7) is 8.75. The maximum Gasteiger partial charge on any atom is 0.408 e. The zero-order chi connectivity index (χ0) is 43.4. The van der Waals surface area contributed by atoms with Gasteiger partial charge in [0.15, 0.2) is 5.78 Å². The molecule has 1 unspecified atom stereocenters. The summed E-state index contributed by atoms with van der Waals surface area (Å²) < 4.78 is 81.9. The highest BCUT2D eigenvalue weighted by Crippen LogP contribution is 2.57. The summed E-state index contributed by atoms with van der Waals surface area (Å²) in [6.07, 6.45) is -3.84. The fraction of sp³-hybridized carbons (Fsp3) is 0.523. The number of rotatable bonds is 14. The molecular weight excluding hydrogens is 802 g/mol. The Morgan fingerprint density at radius 2 is 1.75 bits per heavy atom. The summed E-state index contributed by atoms with van der Waals surface area (Å²) in [5.74, 6) is -3.37. The van der Waals surface area contributed by atoms with Gasteiger partial charge in [0.1, 0.15) is 23.6 Å². The van der Waals surface area contributed by atoms with Crippen LogP contribution in [0.3, 0.4) is 0 Å². The van der Waals surface area contributed by atoms with Gasteiger partial charge in [-0.1, -0.05) is 57.2 Å². The second-order valence-corrected chi connectivity index (χ2v) is 19.6. The number of sulfonamides is 1. The lowest BCUT2D eigenvalue weighted by atomic mass is 9.77. The van der Waals surface area contributed by atoms with Crippen molar-refractivity contribution in [2.45, 2.75) is 102 Å². The van der Waals surface area contributed by atoms with Crippen LogP contribution in [-0.2, 0) is 29.2 Å². The van der Waals surface area contributed by atoms with E-state index in [1.807, 2.05) is 30.3 Å². The number of carbonyl (C=O) groups excluding carboxylic acids is 4. The molecular formula is C44H51F3N4O8S. The summed E-state index contributed by atoms with van der Waals surface area (Å²) in [4.78, 5) is 63.9. The number of carbonyl (C=O) groups is 4. The van der Waals surface area contributed by atoms with Crippen molar-refractivity contribution in [3.63, 3.8) is 0 Å². The summed E-state index contributed by atoms with van der Waals surface area (Å²) in [6, 6.07) is 13.4. The zero-order valence-electron chi connectivity index (χ0n) is 34.2. The number of allylic oxidation sites excluding steroid dienone is 1. The third-order valence-electron chi connectivity index (χ3n) is 12.5. The van der Waals surface area contributed by atoms with Gasteiger partial charge in [-0.2, -0.15) is 13.2 Å².